The van der Waals surface area contributed by atoms with Crippen molar-refractivity contribution < 1.29 is 4.79 Å². The predicted octanol–water partition coefficient (Wildman–Crippen LogP) is 3.14. The zero-order valence-electron chi connectivity index (χ0n) is 16.1. The van der Waals surface area contributed by atoms with Crippen molar-refractivity contribution in [3.05, 3.63) is 46.5 Å². The molecule has 0 bridgehead atoms. The molecule has 1 aromatic carbocycles. The van der Waals surface area contributed by atoms with Gasteiger partial charge in [0.2, 0.25) is 5.91 Å². The van der Waals surface area contributed by atoms with Gasteiger partial charge in [-0.25, -0.2) is 4.98 Å². The van der Waals surface area contributed by atoms with E-state index >= 15 is 0 Å². The van der Waals surface area contributed by atoms with Gasteiger partial charge < -0.3 is 10.2 Å². The van der Waals surface area contributed by atoms with Crippen molar-refractivity contribution in [3.63, 3.8) is 0 Å². The lowest BCUT2D eigenvalue weighted by Crippen LogP contribution is -2.45. The summed E-state index contributed by atoms with van der Waals surface area (Å²) in [5, 5.41) is 4.14. The second-order valence-corrected chi connectivity index (χ2v) is 8.73. The first kappa shape index (κ1) is 18.9. The molecule has 1 aliphatic heterocycles. The standard InChI is InChI=1S/C20H28N4OS/c1-15-13-21-19(26-15)24-11-9-23(10-12-24)14-17-5-7-18(8-6-17)20(3,4)22-16(2)25/h5-8,13H,9-12,14H2,1-4H3,(H,22,25). The summed E-state index contributed by atoms with van der Waals surface area (Å²) in [5.41, 5.74) is 2.09. The molecule has 26 heavy (non-hydrogen) atoms. The summed E-state index contributed by atoms with van der Waals surface area (Å²) in [6.45, 7) is 12.9. The second-order valence-electron chi connectivity index (χ2n) is 7.52. The van der Waals surface area contributed by atoms with E-state index in [1.54, 1.807) is 18.3 Å². The van der Waals surface area contributed by atoms with Crippen LogP contribution < -0.4 is 10.2 Å². The average Bonchev–Trinajstić information content (AvgIpc) is 3.01. The normalized spacial score (nSPS) is 15.9. The number of carbonyl (C=O) groups is 1. The van der Waals surface area contributed by atoms with Crippen LogP contribution in [0.25, 0.3) is 0 Å². The van der Waals surface area contributed by atoms with E-state index in [4.69, 9.17) is 0 Å². The van der Waals surface area contributed by atoms with Gasteiger partial charge in [0.05, 0.1) is 5.54 Å². The Morgan fingerprint density at radius 1 is 1.19 bits per heavy atom. The van der Waals surface area contributed by atoms with Crippen LogP contribution in [0.15, 0.2) is 30.5 Å². The number of hydrogen-bond donors (Lipinski definition) is 1. The second kappa shape index (κ2) is 7.76. The summed E-state index contributed by atoms with van der Waals surface area (Å²) in [6, 6.07) is 8.60. The monoisotopic (exact) mass is 372 g/mol. The SMILES string of the molecule is CC(=O)NC(C)(C)c1ccc(CN2CCN(c3ncc(C)s3)CC2)cc1. The molecule has 0 aliphatic carbocycles. The number of thiazole rings is 1. The van der Waals surface area contributed by atoms with Crippen LogP contribution in [0.3, 0.4) is 0 Å². The molecule has 2 aromatic rings. The Labute approximate surface area is 160 Å². The van der Waals surface area contributed by atoms with Crippen LogP contribution in [0.2, 0.25) is 0 Å². The lowest BCUT2D eigenvalue weighted by atomic mass is 9.93. The molecule has 0 spiro atoms. The molecular weight excluding hydrogens is 344 g/mol. The van der Waals surface area contributed by atoms with Gasteiger partial charge in [-0.15, -0.1) is 11.3 Å². The number of piperazine rings is 1. The summed E-state index contributed by atoms with van der Waals surface area (Å²) in [5.74, 6) is -0.00706. The molecule has 0 atom stereocenters. The van der Waals surface area contributed by atoms with Gasteiger partial charge in [0.25, 0.3) is 0 Å². The third kappa shape index (κ3) is 4.62. The number of amides is 1. The minimum Gasteiger partial charge on any atom is -0.347 e. The first-order valence-electron chi connectivity index (χ1n) is 9.11. The smallest absolute Gasteiger partial charge is 0.217 e. The molecule has 1 amide bonds. The van der Waals surface area contributed by atoms with Crippen molar-refractivity contribution in [1.29, 1.82) is 0 Å². The minimum absolute atomic E-state index is 0.00706. The van der Waals surface area contributed by atoms with Crippen molar-refractivity contribution in [3.8, 4) is 0 Å². The Morgan fingerprint density at radius 2 is 1.85 bits per heavy atom. The van der Waals surface area contributed by atoms with Crippen molar-refractivity contribution in [2.24, 2.45) is 0 Å². The maximum atomic E-state index is 11.4. The van der Waals surface area contributed by atoms with E-state index in [0.29, 0.717) is 0 Å². The molecular formula is C20H28N4OS. The van der Waals surface area contributed by atoms with Gasteiger partial charge in [-0.2, -0.15) is 0 Å². The molecule has 140 valence electrons. The summed E-state index contributed by atoms with van der Waals surface area (Å²) >= 11 is 1.77. The molecule has 1 saturated heterocycles. The fourth-order valence-electron chi connectivity index (χ4n) is 3.38. The molecule has 6 heteroatoms. The number of benzene rings is 1. The molecule has 0 unspecified atom stereocenters. The van der Waals surface area contributed by atoms with Gasteiger partial charge in [-0.1, -0.05) is 24.3 Å². The van der Waals surface area contributed by atoms with Crippen LogP contribution in [0.5, 0.6) is 0 Å². The largest absolute Gasteiger partial charge is 0.347 e. The molecule has 2 heterocycles. The number of hydrogen-bond acceptors (Lipinski definition) is 5. The highest BCUT2D eigenvalue weighted by Gasteiger charge is 2.22. The predicted molar refractivity (Wildman–Crippen MR) is 108 cm³/mol. The highest BCUT2D eigenvalue weighted by Crippen LogP contribution is 2.24. The van der Waals surface area contributed by atoms with Crippen molar-refractivity contribution >= 4 is 22.4 Å². The molecule has 0 radical (unpaired) electrons. The molecule has 1 fully saturated rings. The van der Waals surface area contributed by atoms with Gasteiger partial charge >= 0.3 is 0 Å². The van der Waals surface area contributed by atoms with Crippen LogP contribution >= 0.6 is 11.3 Å². The number of anilines is 1. The molecule has 1 N–H and O–H groups in total. The first-order chi connectivity index (χ1) is 12.3. The van der Waals surface area contributed by atoms with E-state index in [9.17, 15) is 4.79 Å². The van der Waals surface area contributed by atoms with Gasteiger partial charge in [-0.3, -0.25) is 9.69 Å². The van der Waals surface area contributed by atoms with E-state index in [2.05, 4.69) is 51.3 Å². The lowest BCUT2D eigenvalue weighted by Gasteiger charge is -2.34. The maximum Gasteiger partial charge on any atom is 0.217 e. The number of nitrogens with zero attached hydrogens (tertiary/aromatic N) is 3. The topological polar surface area (TPSA) is 48.5 Å². The van der Waals surface area contributed by atoms with Crippen LogP contribution in [0.4, 0.5) is 5.13 Å². The fourth-order valence-corrected chi connectivity index (χ4v) is 4.19. The van der Waals surface area contributed by atoms with Crippen molar-refractivity contribution in [1.82, 2.24) is 15.2 Å². The quantitative estimate of drug-likeness (QED) is 0.876. The Balaban J connectivity index is 1.54. The van der Waals surface area contributed by atoms with Crippen LogP contribution in [0, 0.1) is 6.92 Å². The van der Waals surface area contributed by atoms with Crippen LogP contribution in [-0.4, -0.2) is 42.0 Å². The van der Waals surface area contributed by atoms with Crippen molar-refractivity contribution in [2.45, 2.75) is 39.8 Å². The Morgan fingerprint density at radius 3 is 2.38 bits per heavy atom. The summed E-state index contributed by atoms with van der Waals surface area (Å²) in [6.07, 6.45) is 1.95. The minimum atomic E-state index is -0.345. The maximum absolute atomic E-state index is 11.4. The average molecular weight is 373 g/mol. The van der Waals surface area contributed by atoms with Crippen LogP contribution in [0.1, 0.15) is 36.8 Å². The number of rotatable bonds is 5. The van der Waals surface area contributed by atoms with E-state index in [1.807, 2.05) is 20.0 Å². The summed E-state index contributed by atoms with van der Waals surface area (Å²) < 4.78 is 0. The Kier molecular flexibility index (Phi) is 5.63. The van der Waals surface area contributed by atoms with E-state index in [0.717, 1.165) is 43.4 Å². The number of carbonyl (C=O) groups excluding carboxylic acids is 1. The number of aryl methyl sites for hydroxylation is 1. The molecule has 0 saturated carbocycles. The Bertz CT molecular complexity index is 745. The van der Waals surface area contributed by atoms with Gasteiger partial charge in [0, 0.05) is 50.7 Å². The zero-order chi connectivity index (χ0) is 18.7. The lowest BCUT2D eigenvalue weighted by molar-refractivity contribution is -0.120. The number of aromatic nitrogens is 1. The van der Waals surface area contributed by atoms with Gasteiger partial charge in [-0.05, 0) is 31.9 Å². The molecule has 3 rings (SSSR count). The third-order valence-electron chi connectivity index (χ3n) is 4.82. The van der Waals surface area contributed by atoms with E-state index in [-0.39, 0.29) is 11.4 Å². The first-order valence-corrected chi connectivity index (χ1v) is 9.93. The summed E-state index contributed by atoms with van der Waals surface area (Å²) in [4.78, 5) is 22.0. The van der Waals surface area contributed by atoms with E-state index < -0.39 is 0 Å². The Hall–Kier alpha value is -1.92. The third-order valence-corrected chi connectivity index (χ3v) is 5.80. The summed E-state index contributed by atoms with van der Waals surface area (Å²) in [7, 11) is 0. The van der Waals surface area contributed by atoms with Gasteiger partial charge in [0.1, 0.15) is 0 Å². The number of nitrogens with one attached hydrogen (secondary N) is 1. The highest BCUT2D eigenvalue weighted by atomic mass is 32.1. The molecule has 1 aliphatic rings. The fraction of sp³-hybridized carbons (Fsp3) is 0.500. The van der Waals surface area contributed by atoms with Crippen LogP contribution in [-0.2, 0) is 16.9 Å². The molecule has 1 aromatic heterocycles. The van der Waals surface area contributed by atoms with Crippen molar-refractivity contribution in [2.75, 3.05) is 31.1 Å². The molecule has 5 nitrogen and oxygen atoms in total. The van der Waals surface area contributed by atoms with E-state index in [1.165, 1.54) is 10.4 Å². The zero-order valence-corrected chi connectivity index (χ0v) is 16.9. The van der Waals surface area contributed by atoms with Gasteiger partial charge in [0.15, 0.2) is 5.13 Å². The highest BCUT2D eigenvalue weighted by molar-refractivity contribution is 7.15.